The lowest BCUT2D eigenvalue weighted by Gasteiger charge is -2.33. The van der Waals surface area contributed by atoms with Crippen molar-refractivity contribution in [3.8, 4) is 11.5 Å². The van der Waals surface area contributed by atoms with Gasteiger partial charge in [-0.25, -0.2) is 4.39 Å². The third kappa shape index (κ3) is 4.54. The Morgan fingerprint density at radius 3 is 2.90 bits per heavy atom. The van der Waals surface area contributed by atoms with Gasteiger partial charge in [0.15, 0.2) is 0 Å². The number of fused-ring (bicyclic) bond motifs is 1. The molecule has 0 N–H and O–H groups in total. The first-order chi connectivity index (χ1) is 14.1. The highest BCUT2D eigenvalue weighted by molar-refractivity contribution is 5.96. The van der Waals surface area contributed by atoms with Gasteiger partial charge in [-0.3, -0.25) is 9.78 Å². The molecule has 0 saturated carbocycles. The number of nitrogens with zero attached hydrogens (tertiary/aromatic N) is 2. The van der Waals surface area contributed by atoms with Gasteiger partial charge in [0.1, 0.15) is 30.0 Å². The Bertz CT molecular complexity index is 1010. The molecule has 1 atom stereocenters. The van der Waals surface area contributed by atoms with Crippen LogP contribution in [0.1, 0.15) is 18.1 Å². The van der Waals surface area contributed by atoms with Crippen LogP contribution in [-0.2, 0) is 17.8 Å². The number of anilines is 1. The molecule has 1 amide bonds. The van der Waals surface area contributed by atoms with Gasteiger partial charge in [0, 0.05) is 24.0 Å². The van der Waals surface area contributed by atoms with Crippen molar-refractivity contribution in [3.05, 3.63) is 83.9 Å². The fourth-order valence-corrected chi connectivity index (χ4v) is 3.32. The molecule has 4 rings (SSSR count). The van der Waals surface area contributed by atoms with Gasteiger partial charge in [-0.15, -0.1) is 0 Å². The minimum absolute atomic E-state index is 0.0718. The summed E-state index contributed by atoms with van der Waals surface area (Å²) >= 11 is 0. The van der Waals surface area contributed by atoms with Gasteiger partial charge in [0.25, 0.3) is 0 Å². The Kier molecular flexibility index (Phi) is 5.42. The summed E-state index contributed by atoms with van der Waals surface area (Å²) in [5.74, 6) is 0.628. The smallest absolute Gasteiger partial charge is 0.231 e. The second-order valence-corrected chi connectivity index (χ2v) is 7.02. The summed E-state index contributed by atoms with van der Waals surface area (Å²) in [6, 6.07) is 15.5. The monoisotopic (exact) mass is 392 g/mol. The molecule has 2 heterocycles. The van der Waals surface area contributed by atoms with E-state index < -0.39 is 0 Å². The molecular weight excluding hydrogens is 371 g/mol. The normalized spacial score (nSPS) is 15.4. The number of carbonyl (C=O) groups is 1. The van der Waals surface area contributed by atoms with E-state index in [4.69, 9.17) is 9.47 Å². The maximum atomic E-state index is 13.5. The van der Waals surface area contributed by atoms with Gasteiger partial charge in [-0.05, 0) is 42.8 Å². The third-order valence-electron chi connectivity index (χ3n) is 4.66. The lowest BCUT2D eigenvalue weighted by atomic mass is 10.1. The molecule has 0 fully saturated rings. The zero-order chi connectivity index (χ0) is 20.2. The Hall–Kier alpha value is -3.41. The van der Waals surface area contributed by atoms with Gasteiger partial charge in [-0.1, -0.05) is 18.2 Å². The molecule has 0 saturated heterocycles. The van der Waals surface area contributed by atoms with E-state index in [1.165, 1.54) is 12.1 Å². The molecule has 5 nitrogen and oxygen atoms in total. The van der Waals surface area contributed by atoms with Gasteiger partial charge >= 0.3 is 0 Å². The zero-order valence-corrected chi connectivity index (χ0v) is 16.0. The van der Waals surface area contributed by atoms with Crippen molar-refractivity contribution in [3.63, 3.8) is 0 Å². The average molecular weight is 392 g/mol. The minimum atomic E-state index is -0.385. The number of ether oxygens (including phenoxy) is 2. The highest BCUT2D eigenvalue weighted by Crippen LogP contribution is 2.34. The van der Waals surface area contributed by atoms with Crippen LogP contribution in [0.4, 0.5) is 10.1 Å². The maximum absolute atomic E-state index is 13.5. The standard InChI is InChI=1S/C23H21FN2O3/c1-16-14-26(21-8-7-19(24)12-22(21)29-16)23(27)11-17-4-2-6-20(10-17)28-15-18-5-3-9-25-13-18/h2-10,12-13,16H,11,14-15H2,1H3. The van der Waals surface area contributed by atoms with Crippen LogP contribution in [0, 0.1) is 5.82 Å². The van der Waals surface area contributed by atoms with Crippen molar-refractivity contribution in [1.82, 2.24) is 4.98 Å². The number of hydrogen-bond donors (Lipinski definition) is 0. The molecular formula is C23H21FN2O3. The third-order valence-corrected chi connectivity index (χ3v) is 4.66. The highest BCUT2D eigenvalue weighted by atomic mass is 19.1. The summed E-state index contributed by atoms with van der Waals surface area (Å²) in [6.45, 7) is 2.70. The van der Waals surface area contributed by atoms with E-state index in [0.29, 0.717) is 30.3 Å². The number of amides is 1. The minimum Gasteiger partial charge on any atom is -0.489 e. The summed E-state index contributed by atoms with van der Waals surface area (Å²) in [4.78, 5) is 18.7. The molecule has 3 aromatic rings. The zero-order valence-electron chi connectivity index (χ0n) is 16.0. The molecule has 0 aliphatic carbocycles. The fraction of sp³-hybridized carbons (Fsp3) is 0.217. The van der Waals surface area contributed by atoms with E-state index in [0.717, 1.165) is 11.1 Å². The molecule has 1 aromatic heterocycles. The second-order valence-electron chi connectivity index (χ2n) is 7.02. The van der Waals surface area contributed by atoms with Crippen molar-refractivity contribution < 1.29 is 18.7 Å². The van der Waals surface area contributed by atoms with E-state index in [2.05, 4.69) is 4.98 Å². The summed E-state index contributed by atoms with van der Waals surface area (Å²) in [5, 5.41) is 0. The second kappa shape index (κ2) is 8.31. The van der Waals surface area contributed by atoms with Crippen LogP contribution in [0.5, 0.6) is 11.5 Å². The lowest BCUT2D eigenvalue weighted by Crippen LogP contribution is -2.43. The molecule has 1 aliphatic rings. The molecule has 6 heteroatoms. The Morgan fingerprint density at radius 1 is 1.21 bits per heavy atom. The molecule has 1 unspecified atom stereocenters. The lowest BCUT2D eigenvalue weighted by molar-refractivity contribution is -0.118. The van der Waals surface area contributed by atoms with Crippen molar-refractivity contribution in [1.29, 1.82) is 0 Å². The van der Waals surface area contributed by atoms with Crippen LogP contribution >= 0.6 is 0 Å². The van der Waals surface area contributed by atoms with Crippen LogP contribution < -0.4 is 14.4 Å². The number of benzene rings is 2. The molecule has 1 aliphatic heterocycles. The first-order valence-corrected chi connectivity index (χ1v) is 9.46. The van der Waals surface area contributed by atoms with Gasteiger partial charge < -0.3 is 14.4 Å². The molecule has 0 radical (unpaired) electrons. The van der Waals surface area contributed by atoms with Gasteiger partial charge in [-0.2, -0.15) is 0 Å². The Morgan fingerprint density at radius 2 is 2.07 bits per heavy atom. The molecule has 148 valence electrons. The Labute approximate surface area is 168 Å². The van der Waals surface area contributed by atoms with Crippen LogP contribution in [0.2, 0.25) is 0 Å². The van der Waals surface area contributed by atoms with Crippen molar-refractivity contribution in [2.75, 3.05) is 11.4 Å². The molecule has 2 aromatic carbocycles. The number of rotatable bonds is 5. The summed E-state index contributed by atoms with van der Waals surface area (Å²) in [6.07, 6.45) is 3.48. The average Bonchev–Trinajstić information content (AvgIpc) is 2.72. The van der Waals surface area contributed by atoms with E-state index in [-0.39, 0.29) is 24.2 Å². The summed E-state index contributed by atoms with van der Waals surface area (Å²) in [5.41, 5.74) is 2.42. The predicted molar refractivity (Wildman–Crippen MR) is 108 cm³/mol. The Balaban J connectivity index is 1.46. The quantitative estimate of drug-likeness (QED) is 0.654. The van der Waals surface area contributed by atoms with E-state index in [1.54, 1.807) is 23.4 Å². The number of hydrogen-bond acceptors (Lipinski definition) is 4. The van der Waals surface area contributed by atoms with Crippen molar-refractivity contribution in [2.45, 2.75) is 26.1 Å². The molecule has 29 heavy (non-hydrogen) atoms. The van der Waals surface area contributed by atoms with Crippen LogP contribution in [0.3, 0.4) is 0 Å². The first-order valence-electron chi connectivity index (χ1n) is 9.46. The van der Waals surface area contributed by atoms with Crippen LogP contribution in [0.25, 0.3) is 0 Å². The molecule has 0 bridgehead atoms. The predicted octanol–water partition coefficient (Wildman–Crippen LogP) is 4.16. The van der Waals surface area contributed by atoms with E-state index >= 15 is 0 Å². The van der Waals surface area contributed by atoms with Crippen molar-refractivity contribution in [2.24, 2.45) is 0 Å². The van der Waals surface area contributed by atoms with E-state index in [9.17, 15) is 9.18 Å². The van der Waals surface area contributed by atoms with Crippen LogP contribution in [0.15, 0.2) is 67.0 Å². The number of halogens is 1. The van der Waals surface area contributed by atoms with Gasteiger partial charge in [0.2, 0.25) is 5.91 Å². The summed E-state index contributed by atoms with van der Waals surface area (Å²) in [7, 11) is 0. The SMILES string of the molecule is CC1CN(C(=O)Cc2cccc(OCc3cccnc3)c2)c2ccc(F)cc2O1. The van der Waals surface area contributed by atoms with Gasteiger partial charge in [0.05, 0.1) is 18.7 Å². The van der Waals surface area contributed by atoms with Crippen molar-refractivity contribution >= 4 is 11.6 Å². The summed E-state index contributed by atoms with van der Waals surface area (Å²) < 4.78 is 25.0. The number of aromatic nitrogens is 1. The van der Waals surface area contributed by atoms with Crippen LogP contribution in [-0.4, -0.2) is 23.5 Å². The topological polar surface area (TPSA) is 51.7 Å². The molecule has 0 spiro atoms. The highest BCUT2D eigenvalue weighted by Gasteiger charge is 2.28. The largest absolute Gasteiger partial charge is 0.489 e. The number of pyridine rings is 1. The fourth-order valence-electron chi connectivity index (χ4n) is 3.32. The van der Waals surface area contributed by atoms with E-state index in [1.807, 2.05) is 43.3 Å². The maximum Gasteiger partial charge on any atom is 0.231 e. The first kappa shape index (κ1) is 18.9. The number of carbonyl (C=O) groups excluding carboxylic acids is 1.